The van der Waals surface area contributed by atoms with Crippen LogP contribution in [0.3, 0.4) is 0 Å². The molecule has 0 unspecified atom stereocenters. The van der Waals surface area contributed by atoms with Crippen LogP contribution in [0, 0.1) is 6.92 Å². The van der Waals surface area contributed by atoms with Crippen molar-refractivity contribution in [2.24, 2.45) is 0 Å². The fraction of sp³-hybridized carbons (Fsp3) is 0.0476. The van der Waals surface area contributed by atoms with Crippen LogP contribution in [-0.4, -0.2) is 10.9 Å². The minimum atomic E-state index is -0.178. The number of hydrogen-bond acceptors (Lipinski definition) is 2. The van der Waals surface area contributed by atoms with E-state index in [-0.39, 0.29) is 5.91 Å². The minimum Gasteiger partial charge on any atom is -0.307 e. The molecule has 0 aliphatic carbocycles. The molecule has 0 aliphatic heterocycles. The number of amides is 1. The molecule has 1 N–H and O–H groups in total. The summed E-state index contributed by atoms with van der Waals surface area (Å²) in [5.74, 6) is 0.373. The predicted molar refractivity (Wildman–Crippen MR) is 98.4 cm³/mol. The number of aryl methyl sites for hydroxylation is 1. The molecule has 0 atom stereocenters. The van der Waals surface area contributed by atoms with Crippen molar-refractivity contribution in [2.45, 2.75) is 6.92 Å². The monoisotopic (exact) mass is 314 g/mol. The van der Waals surface area contributed by atoms with E-state index in [1.54, 1.807) is 6.20 Å². The maximum atomic E-state index is 12.8. The lowest BCUT2D eigenvalue weighted by molar-refractivity contribution is -0.111. The topological polar surface area (TPSA) is 42.0 Å². The number of nitrogens with zero attached hydrogens (tertiary/aromatic N) is 1. The van der Waals surface area contributed by atoms with E-state index in [0.29, 0.717) is 11.4 Å². The third-order valence-corrected chi connectivity index (χ3v) is 3.60. The number of hydrogen-bond donors (Lipinski definition) is 1. The molecule has 0 saturated carbocycles. The first kappa shape index (κ1) is 15.7. The van der Waals surface area contributed by atoms with Gasteiger partial charge in [0.25, 0.3) is 5.91 Å². The molecular weight excluding hydrogens is 296 g/mol. The summed E-state index contributed by atoms with van der Waals surface area (Å²) in [5.41, 5.74) is 3.49. The van der Waals surface area contributed by atoms with Gasteiger partial charge in [0.2, 0.25) is 0 Å². The van der Waals surface area contributed by atoms with E-state index < -0.39 is 0 Å². The fourth-order valence-corrected chi connectivity index (χ4v) is 2.40. The fourth-order valence-electron chi connectivity index (χ4n) is 2.40. The number of pyridine rings is 1. The highest BCUT2D eigenvalue weighted by Crippen LogP contribution is 2.20. The Morgan fingerprint density at radius 1 is 0.958 bits per heavy atom. The molecule has 3 aromatic rings. The van der Waals surface area contributed by atoms with Crippen molar-refractivity contribution in [3.8, 4) is 0 Å². The van der Waals surface area contributed by atoms with Crippen LogP contribution in [0.15, 0.2) is 79.0 Å². The van der Waals surface area contributed by atoms with Gasteiger partial charge in [0.1, 0.15) is 5.82 Å². The van der Waals surface area contributed by atoms with Crippen molar-refractivity contribution in [1.82, 2.24) is 4.98 Å². The number of aromatic nitrogens is 1. The van der Waals surface area contributed by atoms with E-state index in [1.807, 2.05) is 85.8 Å². The van der Waals surface area contributed by atoms with E-state index in [0.717, 1.165) is 16.7 Å². The summed E-state index contributed by atoms with van der Waals surface area (Å²) in [6, 6.07) is 23.2. The van der Waals surface area contributed by atoms with Crippen molar-refractivity contribution >= 4 is 23.4 Å². The molecule has 1 amide bonds. The Hall–Kier alpha value is -3.20. The highest BCUT2D eigenvalue weighted by Gasteiger charge is 2.13. The van der Waals surface area contributed by atoms with Gasteiger partial charge in [-0.15, -0.1) is 0 Å². The Balaban J connectivity index is 1.95. The molecule has 0 spiro atoms. The molecule has 3 nitrogen and oxygen atoms in total. The lowest BCUT2D eigenvalue weighted by Crippen LogP contribution is -2.14. The lowest BCUT2D eigenvalue weighted by Gasteiger charge is -2.10. The number of anilines is 1. The number of rotatable bonds is 4. The molecule has 0 saturated heterocycles. The zero-order chi connectivity index (χ0) is 16.8. The number of carbonyl (C=O) groups is 1. The molecule has 0 aliphatic rings. The van der Waals surface area contributed by atoms with Gasteiger partial charge in [0.15, 0.2) is 0 Å². The second-order valence-corrected chi connectivity index (χ2v) is 5.51. The first-order valence-corrected chi connectivity index (χ1v) is 7.78. The van der Waals surface area contributed by atoms with Crippen molar-refractivity contribution in [1.29, 1.82) is 0 Å². The highest BCUT2D eigenvalue weighted by molar-refractivity contribution is 6.29. The van der Waals surface area contributed by atoms with E-state index in [9.17, 15) is 4.79 Å². The summed E-state index contributed by atoms with van der Waals surface area (Å²) in [7, 11) is 0. The number of benzene rings is 2. The average molecular weight is 314 g/mol. The molecule has 1 aromatic heterocycles. The maximum Gasteiger partial charge on any atom is 0.257 e. The van der Waals surface area contributed by atoms with Crippen LogP contribution in [-0.2, 0) is 4.79 Å². The van der Waals surface area contributed by atoms with Crippen molar-refractivity contribution in [2.75, 3.05) is 5.32 Å². The Morgan fingerprint density at radius 2 is 1.62 bits per heavy atom. The van der Waals surface area contributed by atoms with E-state index in [2.05, 4.69) is 10.3 Å². The normalized spacial score (nSPS) is 11.1. The quantitative estimate of drug-likeness (QED) is 0.566. The highest BCUT2D eigenvalue weighted by atomic mass is 16.1. The third kappa shape index (κ3) is 3.96. The Bertz CT molecular complexity index is 855. The smallest absolute Gasteiger partial charge is 0.257 e. The van der Waals surface area contributed by atoms with Crippen LogP contribution in [0.1, 0.15) is 16.7 Å². The third-order valence-electron chi connectivity index (χ3n) is 3.60. The summed E-state index contributed by atoms with van der Waals surface area (Å²) in [6.07, 6.45) is 3.58. The molecule has 3 rings (SSSR count). The minimum absolute atomic E-state index is 0.178. The zero-order valence-electron chi connectivity index (χ0n) is 13.4. The molecule has 24 heavy (non-hydrogen) atoms. The van der Waals surface area contributed by atoms with Gasteiger partial charge in [-0.1, -0.05) is 60.7 Å². The van der Waals surface area contributed by atoms with Crippen molar-refractivity contribution in [3.63, 3.8) is 0 Å². The van der Waals surface area contributed by atoms with Gasteiger partial charge in [-0.25, -0.2) is 4.98 Å². The number of nitrogens with one attached hydrogen (secondary N) is 1. The molecule has 0 bridgehead atoms. The molecular formula is C21H18N2O. The molecule has 0 fully saturated rings. The SMILES string of the molecule is Cc1ccnc(NC(=O)/C(=C/c2ccccc2)c2ccccc2)c1. The van der Waals surface area contributed by atoms with Crippen molar-refractivity contribution < 1.29 is 4.79 Å². The maximum absolute atomic E-state index is 12.8. The first-order valence-electron chi connectivity index (χ1n) is 7.78. The molecule has 0 radical (unpaired) electrons. The van der Waals surface area contributed by atoms with E-state index in [1.165, 1.54) is 0 Å². The van der Waals surface area contributed by atoms with Gasteiger partial charge < -0.3 is 5.32 Å². The first-order chi connectivity index (χ1) is 11.7. The Kier molecular flexibility index (Phi) is 4.82. The Labute approximate surface area is 141 Å². The summed E-state index contributed by atoms with van der Waals surface area (Å²) in [4.78, 5) is 17.0. The molecule has 1 heterocycles. The standard InChI is InChI=1S/C21H18N2O/c1-16-12-13-22-20(14-16)23-21(24)19(18-10-6-3-7-11-18)15-17-8-4-2-5-9-17/h2-15H,1H3,(H,22,23,24)/b19-15+. The Morgan fingerprint density at radius 3 is 2.29 bits per heavy atom. The van der Waals surface area contributed by atoms with Gasteiger partial charge in [0, 0.05) is 11.8 Å². The van der Waals surface area contributed by atoms with Crippen LogP contribution in [0.5, 0.6) is 0 Å². The van der Waals surface area contributed by atoms with Crippen LogP contribution in [0.2, 0.25) is 0 Å². The van der Waals surface area contributed by atoms with Crippen LogP contribution in [0.4, 0.5) is 5.82 Å². The molecule has 3 heteroatoms. The van der Waals surface area contributed by atoms with Crippen LogP contribution >= 0.6 is 0 Å². The van der Waals surface area contributed by atoms with Crippen molar-refractivity contribution in [3.05, 3.63) is 95.7 Å². The largest absolute Gasteiger partial charge is 0.307 e. The van der Waals surface area contributed by atoms with Gasteiger partial charge in [0.05, 0.1) is 0 Å². The van der Waals surface area contributed by atoms with Gasteiger partial charge in [-0.05, 0) is 41.8 Å². The molecule has 118 valence electrons. The second-order valence-electron chi connectivity index (χ2n) is 5.51. The zero-order valence-corrected chi connectivity index (χ0v) is 13.4. The second kappa shape index (κ2) is 7.38. The summed E-state index contributed by atoms with van der Waals surface area (Å²) in [5, 5.41) is 2.88. The van der Waals surface area contributed by atoms with Gasteiger partial charge in [-0.2, -0.15) is 0 Å². The lowest BCUT2D eigenvalue weighted by atomic mass is 10.0. The average Bonchev–Trinajstić information content (AvgIpc) is 2.61. The summed E-state index contributed by atoms with van der Waals surface area (Å²) >= 11 is 0. The van der Waals surface area contributed by atoms with Gasteiger partial charge in [-0.3, -0.25) is 4.79 Å². The van der Waals surface area contributed by atoms with Crippen LogP contribution in [0.25, 0.3) is 11.6 Å². The number of carbonyl (C=O) groups excluding carboxylic acids is 1. The van der Waals surface area contributed by atoms with Gasteiger partial charge >= 0.3 is 0 Å². The van der Waals surface area contributed by atoms with E-state index >= 15 is 0 Å². The summed E-state index contributed by atoms with van der Waals surface area (Å²) < 4.78 is 0. The predicted octanol–water partition coefficient (Wildman–Crippen LogP) is 4.57. The summed E-state index contributed by atoms with van der Waals surface area (Å²) in [6.45, 7) is 1.97. The molecule has 2 aromatic carbocycles. The van der Waals surface area contributed by atoms with Crippen LogP contribution < -0.4 is 5.32 Å². The van der Waals surface area contributed by atoms with E-state index in [4.69, 9.17) is 0 Å².